The Hall–Kier alpha value is -0.260. The van der Waals surface area contributed by atoms with E-state index in [2.05, 4.69) is 59.6 Å². The van der Waals surface area contributed by atoms with Crippen LogP contribution in [-0.4, -0.2) is 19.3 Å². The number of rotatable bonds is 12. The monoisotopic (exact) mass is 477 g/mol. The van der Waals surface area contributed by atoms with Crippen molar-refractivity contribution in [3.05, 3.63) is 21.1 Å². The molecular weight excluding hydrogens is 446 g/mol. The second-order valence-electron chi connectivity index (χ2n) is 7.14. The first-order chi connectivity index (χ1) is 11.9. The Morgan fingerprint density at radius 2 is 1.56 bits per heavy atom. The summed E-state index contributed by atoms with van der Waals surface area (Å²) in [5.74, 6) is 2.82. The summed E-state index contributed by atoms with van der Waals surface area (Å²) in [5.41, 5.74) is 6.10. The molecule has 3 nitrogen and oxygen atoms in total. The number of hydrogen-bond acceptors (Lipinski definition) is 3. The molecule has 0 aliphatic carbocycles. The lowest BCUT2D eigenvalue weighted by molar-refractivity contribution is 0.231. The van der Waals surface area contributed by atoms with E-state index in [0.717, 1.165) is 39.9 Å². The maximum absolute atomic E-state index is 6.10. The first-order valence-corrected chi connectivity index (χ1v) is 11.0. The molecule has 1 unspecified atom stereocenters. The highest BCUT2D eigenvalue weighted by atomic mass is 79.9. The van der Waals surface area contributed by atoms with Crippen LogP contribution in [0.5, 0.6) is 11.5 Å². The number of halogens is 2. The van der Waals surface area contributed by atoms with Gasteiger partial charge in [-0.1, -0.05) is 47.0 Å². The summed E-state index contributed by atoms with van der Waals surface area (Å²) < 4.78 is 13.7. The van der Waals surface area contributed by atoms with E-state index in [0.29, 0.717) is 18.4 Å². The van der Waals surface area contributed by atoms with Gasteiger partial charge in [0.1, 0.15) is 18.1 Å². The first-order valence-electron chi connectivity index (χ1n) is 9.37. The molecule has 2 N–H and O–H groups in total. The smallest absolute Gasteiger partial charge is 0.134 e. The lowest BCUT2D eigenvalue weighted by Gasteiger charge is -2.19. The van der Waals surface area contributed by atoms with Crippen LogP contribution in [-0.2, 0) is 0 Å². The van der Waals surface area contributed by atoms with Crippen LogP contribution >= 0.6 is 31.9 Å². The van der Waals surface area contributed by atoms with Gasteiger partial charge in [-0.25, -0.2) is 0 Å². The fourth-order valence-electron chi connectivity index (χ4n) is 2.71. The molecule has 1 rings (SSSR count). The SMILES string of the molecule is CCCCC(CC)COc1cc(Br)c(OC[C@@H](N)CC(C)C)cc1Br. The number of hydrogen-bond donors (Lipinski definition) is 1. The van der Waals surface area contributed by atoms with Gasteiger partial charge in [0, 0.05) is 6.04 Å². The Morgan fingerprint density at radius 3 is 2.04 bits per heavy atom. The molecule has 0 fully saturated rings. The normalized spacial score (nSPS) is 13.8. The zero-order valence-corrected chi connectivity index (χ0v) is 19.2. The summed E-state index contributed by atoms with van der Waals surface area (Å²) in [5, 5.41) is 0. The van der Waals surface area contributed by atoms with Gasteiger partial charge in [-0.2, -0.15) is 0 Å². The van der Waals surface area contributed by atoms with Crippen LogP contribution in [0, 0.1) is 11.8 Å². The quantitative estimate of drug-likeness (QED) is 0.370. The summed E-state index contributed by atoms with van der Waals surface area (Å²) in [7, 11) is 0. The predicted octanol–water partition coefficient (Wildman–Crippen LogP) is 6.56. The van der Waals surface area contributed by atoms with Crippen molar-refractivity contribution in [2.45, 2.75) is 65.8 Å². The van der Waals surface area contributed by atoms with Crippen molar-refractivity contribution in [3.63, 3.8) is 0 Å². The zero-order chi connectivity index (χ0) is 18.8. The van der Waals surface area contributed by atoms with Gasteiger partial charge in [-0.05, 0) is 68.7 Å². The third-order valence-electron chi connectivity index (χ3n) is 4.23. The van der Waals surface area contributed by atoms with E-state index in [1.165, 1.54) is 19.3 Å². The van der Waals surface area contributed by atoms with Gasteiger partial charge in [0.2, 0.25) is 0 Å². The van der Waals surface area contributed by atoms with E-state index in [1.807, 2.05) is 12.1 Å². The average Bonchev–Trinajstić information content (AvgIpc) is 2.55. The summed E-state index contributed by atoms with van der Waals surface area (Å²) >= 11 is 7.18. The lowest BCUT2D eigenvalue weighted by atomic mass is 10.0. The second kappa shape index (κ2) is 12.2. The van der Waals surface area contributed by atoms with Gasteiger partial charge in [-0.15, -0.1) is 0 Å². The largest absolute Gasteiger partial charge is 0.492 e. The van der Waals surface area contributed by atoms with Crippen molar-refractivity contribution >= 4 is 31.9 Å². The molecule has 0 aliphatic rings. The molecule has 0 amide bonds. The fraction of sp³-hybridized carbons (Fsp3) is 0.700. The van der Waals surface area contributed by atoms with Crippen LogP contribution in [0.2, 0.25) is 0 Å². The third-order valence-corrected chi connectivity index (χ3v) is 5.47. The molecule has 0 saturated heterocycles. The van der Waals surface area contributed by atoms with Crippen molar-refractivity contribution in [2.24, 2.45) is 17.6 Å². The molecule has 0 heterocycles. The van der Waals surface area contributed by atoms with Gasteiger partial charge < -0.3 is 15.2 Å². The van der Waals surface area contributed by atoms with Crippen molar-refractivity contribution in [3.8, 4) is 11.5 Å². The summed E-state index contributed by atoms with van der Waals surface area (Å²) in [4.78, 5) is 0. The van der Waals surface area contributed by atoms with Crippen molar-refractivity contribution in [2.75, 3.05) is 13.2 Å². The molecule has 0 saturated carbocycles. The van der Waals surface area contributed by atoms with Gasteiger partial charge in [-0.3, -0.25) is 0 Å². The molecule has 0 aliphatic heterocycles. The molecule has 0 bridgehead atoms. The predicted molar refractivity (Wildman–Crippen MR) is 114 cm³/mol. The van der Waals surface area contributed by atoms with Gasteiger partial charge in [0.15, 0.2) is 0 Å². The van der Waals surface area contributed by atoms with Gasteiger partial charge in [0.25, 0.3) is 0 Å². The lowest BCUT2D eigenvalue weighted by Crippen LogP contribution is -2.29. The Balaban J connectivity index is 2.62. The average molecular weight is 479 g/mol. The van der Waals surface area contributed by atoms with Gasteiger partial charge in [0.05, 0.1) is 15.6 Å². The Kier molecular flexibility index (Phi) is 11.1. The topological polar surface area (TPSA) is 44.5 Å². The third kappa shape index (κ3) is 8.78. The molecule has 0 spiro atoms. The molecule has 0 aromatic heterocycles. The Morgan fingerprint density at radius 1 is 1.00 bits per heavy atom. The minimum atomic E-state index is 0.0467. The van der Waals surface area contributed by atoms with Crippen LogP contribution in [0.15, 0.2) is 21.1 Å². The van der Waals surface area contributed by atoms with Crippen molar-refractivity contribution in [1.82, 2.24) is 0 Å². The van der Waals surface area contributed by atoms with Crippen LogP contribution in [0.25, 0.3) is 0 Å². The highest BCUT2D eigenvalue weighted by molar-refractivity contribution is 9.11. The number of benzene rings is 1. The van der Waals surface area contributed by atoms with Crippen LogP contribution in [0.4, 0.5) is 0 Å². The molecule has 1 aromatic carbocycles. The van der Waals surface area contributed by atoms with Crippen LogP contribution < -0.4 is 15.2 Å². The van der Waals surface area contributed by atoms with E-state index < -0.39 is 0 Å². The molecule has 144 valence electrons. The highest BCUT2D eigenvalue weighted by Crippen LogP contribution is 2.36. The first kappa shape index (κ1) is 22.8. The molecule has 25 heavy (non-hydrogen) atoms. The molecule has 2 atom stereocenters. The van der Waals surface area contributed by atoms with E-state index >= 15 is 0 Å². The van der Waals surface area contributed by atoms with E-state index in [1.54, 1.807) is 0 Å². The molecule has 1 aromatic rings. The number of unbranched alkanes of at least 4 members (excludes halogenated alkanes) is 1. The standard InChI is InChI=1S/C20H33Br2NO2/c1-5-7-8-15(6-2)12-24-19-10-18(22)20(11-17(19)21)25-13-16(23)9-14(3)4/h10-11,14-16H,5-9,12-13,23H2,1-4H3/t15?,16-/m0/s1. The molecule has 0 radical (unpaired) electrons. The fourth-order valence-corrected chi connectivity index (χ4v) is 3.58. The van der Waals surface area contributed by atoms with E-state index in [9.17, 15) is 0 Å². The highest BCUT2D eigenvalue weighted by Gasteiger charge is 2.13. The molecule has 5 heteroatoms. The molecular formula is C20H33Br2NO2. The van der Waals surface area contributed by atoms with Gasteiger partial charge >= 0.3 is 0 Å². The Bertz CT molecular complexity index is 509. The maximum atomic E-state index is 6.10. The number of ether oxygens (including phenoxy) is 2. The maximum Gasteiger partial charge on any atom is 0.134 e. The Labute approximate surface area is 170 Å². The van der Waals surface area contributed by atoms with E-state index in [4.69, 9.17) is 15.2 Å². The van der Waals surface area contributed by atoms with Crippen molar-refractivity contribution < 1.29 is 9.47 Å². The summed E-state index contributed by atoms with van der Waals surface area (Å²) in [6.45, 7) is 10.1. The van der Waals surface area contributed by atoms with Crippen LogP contribution in [0.1, 0.15) is 59.8 Å². The van der Waals surface area contributed by atoms with E-state index in [-0.39, 0.29) is 6.04 Å². The number of nitrogens with two attached hydrogens (primary N) is 1. The zero-order valence-electron chi connectivity index (χ0n) is 16.0. The van der Waals surface area contributed by atoms with Crippen molar-refractivity contribution in [1.29, 1.82) is 0 Å². The summed E-state index contributed by atoms with van der Waals surface area (Å²) in [6, 6.07) is 3.97. The second-order valence-corrected chi connectivity index (χ2v) is 8.85. The minimum absolute atomic E-state index is 0.0467. The van der Waals surface area contributed by atoms with Crippen LogP contribution in [0.3, 0.4) is 0 Å². The summed E-state index contributed by atoms with van der Waals surface area (Å²) in [6.07, 6.45) is 5.82. The minimum Gasteiger partial charge on any atom is -0.492 e.